The number of halogens is 1. The Kier molecular flexibility index (Phi) is 4.89. The maximum atomic E-state index is 13.6. The first-order valence-corrected chi connectivity index (χ1v) is 10.2. The zero-order valence-corrected chi connectivity index (χ0v) is 17.6. The van der Waals surface area contributed by atoms with Crippen molar-refractivity contribution in [1.29, 1.82) is 0 Å². The van der Waals surface area contributed by atoms with Gasteiger partial charge in [0.1, 0.15) is 17.4 Å². The molecule has 5 rings (SSSR count). The molecule has 0 spiro atoms. The van der Waals surface area contributed by atoms with Crippen LogP contribution in [-0.4, -0.2) is 31.3 Å². The lowest BCUT2D eigenvalue weighted by atomic mass is 10.1. The predicted octanol–water partition coefficient (Wildman–Crippen LogP) is 3.81. The summed E-state index contributed by atoms with van der Waals surface area (Å²) in [6, 6.07) is 15.6. The van der Waals surface area contributed by atoms with Gasteiger partial charge in [-0.25, -0.2) is 9.37 Å². The van der Waals surface area contributed by atoms with E-state index in [2.05, 4.69) is 15.1 Å². The molecule has 7 nitrogen and oxygen atoms in total. The van der Waals surface area contributed by atoms with Crippen LogP contribution in [0.15, 0.2) is 65.6 Å². The maximum Gasteiger partial charge on any atom is 0.262 e. The minimum Gasteiger partial charge on any atom is -0.497 e. The summed E-state index contributed by atoms with van der Waals surface area (Å²) in [5.41, 5.74) is 2.65. The molecule has 0 aliphatic rings. The van der Waals surface area contributed by atoms with Crippen molar-refractivity contribution >= 4 is 16.7 Å². The van der Waals surface area contributed by atoms with Crippen molar-refractivity contribution < 1.29 is 9.13 Å². The Morgan fingerprint density at radius 1 is 1.00 bits per heavy atom. The minimum absolute atomic E-state index is 0.183. The van der Waals surface area contributed by atoms with E-state index in [1.54, 1.807) is 41.4 Å². The number of hydrogen-bond acceptors (Lipinski definition) is 5. The molecule has 0 N–H and O–H groups in total. The first kappa shape index (κ1) is 19.9. The van der Waals surface area contributed by atoms with Gasteiger partial charge in [0.2, 0.25) is 0 Å². The fourth-order valence-electron chi connectivity index (χ4n) is 3.81. The van der Waals surface area contributed by atoms with Crippen LogP contribution in [-0.2, 0) is 13.0 Å². The van der Waals surface area contributed by atoms with Crippen LogP contribution in [0.25, 0.3) is 27.9 Å². The van der Waals surface area contributed by atoms with E-state index in [0.717, 1.165) is 11.3 Å². The van der Waals surface area contributed by atoms with Crippen LogP contribution in [0.2, 0.25) is 0 Å². The molecule has 0 aliphatic heterocycles. The first-order valence-electron chi connectivity index (χ1n) is 10.2. The normalized spacial score (nSPS) is 11.3. The Balaban J connectivity index is 1.64. The number of ether oxygens (including phenoxy) is 1. The van der Waals surface area contributed by atoms with Gasteiger partial charge in [-0.2, -0.15) is 9.50 Å². The van der Waals surface area contributed by atoms with Crippen LogP contribution in [0.4, 0.5) is 4.39 Å². The van der Waals surface area contributed by atoms with Crippen molar-refractivity contribution in [2.45, 2.75) is 19.9 Å². The molecule has 0 bridgehead atoms. The van der Waals surface area contributed by atoms with Gasteiger partial charge in [-0.05, 0) is 61.4 Å². The van der Waals surface area contributed by atoms with Gasteiger partial charge < -0.3 is 9.30 Å². The van der Waals surface area contributed by atoms with Crippen molar-refractivity contribution in [3.05, 3.63) is 88.4 Å². The minimum atomic E-state index is -0.352. The molecule has 0 unspecified atom stereocenters. The van der Waals surface area contributed by atoms with Crippen molar-refractivity contribution in [2.24, 2.45) is 0 Å². The Morgan fingerprint density at radius 2 is 1.75 bits per heavy atom. The lowest BCUT2D eigenvalue weighted by Crippen LogP contribution is -2.22. The van der Waals surface area contributed by atoms with Crippen molar-refractivity contribution in [3.63, 3.8) is 0 Å². The van der Waals surface area contributed by atoms with E-state index >= 15 is 0 Å². The molecule has 0 saturated carbocycles. The molecule has 0 aliphatic carbocycles. The number of aryl methyl sites for hydroxylation is 3. The monoisotopic (exact) mass is 429 g/mol. The van der Waals surface area contributed by atoms with Gasteiger partial charge in [0.15, 0.2) is 0 Å². The molecule has 32 heavy (non-hydrogen) atoms. The van der Waals surface area contributed by atoms with Gasteiger partial charge in [0.25, 0.3) is 11.3 Å². The summed E-state index contributed by atoms with van der Waals surface area (Å²) in [5, 5.41) is 4.85. The molecule has 3 aromatic heterocycles. The average Bonchev–Trinajstić information content (AvgIpc) is 3.18. The fourth-order valence-corrected chi connectivity index (χ4v) is 3.81. The predicted molar refractivity (Wildman–Crippen MR) is 119 cm³/mol. The Hall–Kier alpha value is -4.07. The topological polar surface area (TPSA) is 74.3 Å². The molecule has 8 heteroatoms. The summed E-state index contributed by atoms with van der Waals surface area (Å²) in [4.78, 5) is 22.4. The van der Waals surface area contributed by atoms with Crippen molar-refractivity contribution in [2.75, 3.05) is 7.11 Å². The van der Waals surface area contributed by atoms with Gasteiger partial charge >= 0.3 is 0 Å². The van der Waals surface area contributed by atoms with Gasteiger partial charge in [-0.1, -0.05) is 12.1 Å². The number of aromatic nitrogens is 5. The first-order chi connectivity index (χ1) is 15.5. The van der Waals surface area contributed by atoms with Crippen LogP contribution in [0.5, 0.6) is 5.75 Å². The fraction of sp³-hybridized carbons (Fsp3) is 0.167. The molecule has 0 saturated heterocycles. The number of rotatable bonds is 5. The molecule has 0 radical (unpaired) electrons. The van der Waals surface area contributed by atoms with Gasteiger partial charge in [-0.15, -0.1) is 5.10 Å². The average molecular weight is 429 g/mol. The molecule has 3 heterocycles. The molecule has 2 aromatic carbocycles. The second-order valence-corrected chi connectivity index (χ2v) is 7.51. The zero-order chi connectivity index (χ0) is 22.2. The van der Waals surface area contributed by atoms with Gasteiger partial charge in [-0.3, -0.25) is 4.79 Å². The highest BCUT2D eigenvalue weighted by Gasteiger charge is 2.18. The van der Waals surface area contributed by atoms with Crippen LogP contribution < -0.4 is 10.3 Å². The summed E-state index contributed by atoms with van der Waals surface area (Å²) in [5.74, 6) is 1.37. The third-order valence-corrected chi connectivity index (χ3v) is 5.43. The smallest absolute Gasteiger partial charge is 0.262 e. The third kappa shape index (κ3) is 3.49. The largest absolute Gasteiger partial charge is 0.497 e. The summed E-state index contributed by atoms with van der Waals surface area (Å²) in [6.45, 7) is 2.26. The number of nitrogens with zero attached hydrogens (tertiary/aromatic N) is 5. The molecule has 0 atom stereocenters. The third-order valence-electron chi connectivity index (χ3n) is 5.43. The molecule has 0 amide bonds. The van der Waals surface area contributed by atoms with Crippen molar-refractivity contribution in [3.8, 4) is 17.0 Å². The number of methoxy groups -OCH3 is 1. The van der Waals surface area contributed by atoms with E-state index < -0.39 is 0 Å². The Morgan fingerprint density at radius 3 is 2.47 bits per heavy atom. The highest BCUT2D eigenvalue weighted by Crippen LogP contribution is 2.26. The molecule has 5 aromatic rings. The second kappa shape index (κ2) is 7.88. The van der Waals surface area contributed by atoms with E-state index in [1.165, 1.54) is 12.1 Å². The summed E-state index contributed by atoms with van der Waals surface area (Å²) in [7, 11) is 1.63. The Bertz CT molecular complexity index is 1490. The maximum absolute atomic E-state index is 13.6. The van der Waals surface area contributed by atoms with Gasteiger partial charge in [0.05, 0.1) is 23.7 Å². The molecule has 160 valence electrons. The lowest BCUT2D eigenvalue weighted by Gasteiger charge is -2.12. The van der Waals surface area contributed by atoms with Crippen LogP contribution >= 0.6 is 0 Å². The van der Waals surface area contributed by atoms with Crippen molar-refractivity contribution in [1.82, 2.24) is 24.1 Å². The lowest BCUT2D eigenvalue weighted by molar-refractivity contribution is 0.414. The molecular weight excluding hydrogens is 409 g/mol. The zero-order valence-electron chi connectivity index (χ0n) is 17.6. The van der Waals surface area contributed by atoms with Gasteiger partial charge in [0, 0.05) is 18.3 Å². The number of fused-ring (bicyclic) bond motifs is 2. The SMILES string of the molecule is COc1ccc(CCn2ccc3nc4nc(C)nn4c(-c4ccc(F)cc4)c3c2=O)cc1. The van der Waals surface area contributed by atoms with E-state index in [-0.39, 0.29) is 11.4 Å². The van der Waals surface area contributed by atoms with E-state index in [4.69, 9.17) is 4.74 Å². The number of pyridine rings is 1. The standard InChI is InChI=1S/C24H20FN5O2/c1-15-26-24-27-20-12-14-29(13-11-16-3-9-19(32-2)10-4-16)23(31)21(20)22(30(24)28-15)17-5-7-18(25)8-6-17/h3-10,12,14H,11,13H2,1-2H3. The second-order valence-electron chi connectivity index (χ2n) is 7.51. The quantitative estimate of drug-likeness (QED) is 0.425. The van der Waals surface area contributed by atoms with Crippen LogP contribution in [0.3, 0.4) is 0 Å². The summed E-state index contributed by atoms with van der Waals surface area (Å²) >= 11 is 0. The number of benzene rings is 2. The van der Waals surface area contributed by atoms with Crippen LogP contribution in [0.1, 0.15) is 11.4 Å². The highest BCUT2D eigenvalue weighted by atomic mass is 19.1. The molecule has 0 fully saturated rings. The summed E-state index contributed by atoms with van der Waals surface area (Å²) < 4.78 is 22.0. The van der Waals surface area contributed by atoms with E-state index in [9.17, 15) is 9.18 Å². The molecular formula is C24H20FN5O2. The Labute approximate surface area is 182 Å². The summed E-state index contributed by atoms with van der Waals surface area (Å²) in [6.07, 6.45) is 2.43. The van der Waals surface area contributed by atoms with Crippen LogP contribution in [0, 0.1) is 12.7 Å². The van der Waals surface area contributed by atoms with E-state index in [1.807, 2.05) is 30.3 Å². The highest BCUT2D eigenvalue weighted by molar-refractivity contribution is 5.93. The van der Waals surface area contributed by atoms with E-state index in [0.29, 0.717) is 46.7 Å². The number of hydrogen-bond donors (Lipinski definition) is 0.